The minimum atomic E-state index is 0.303. The van der Waals surface area contributed by atoms with E-state index in [2.05, 4.69) is 31.1 Å². The second-order valence-corrected chi connectivity index (χ2v) is 6.00. The smallest absolute Gasteiger partial charge is 0.160 e. The van der Waals surface area contributed by atoms with Crippen LogP contribution in [-0.2, 0) is 0 Å². The molecule has 0 aliphatic heterocycles. The molecule has 0 spiro atoms. The lowest BCUT2D eigenvalue weighted by Gasteiger charge is -2.26. The third-order valence-electron chi connectivity index (χ3n) is 3.44. The highest BCUT2D eigenvalue weighted by Crippen LogP contribution is 2.28. The van der Waals surface area contributed by atoms with Crippen LogP contribution >= 0.6 is 0 Å². The Hall–Kier alpha value is -1.25. The molecule has 3 nitrogen and oxygen atoms in total. The van der Waals surface area contributed by atoms with Gasteiger partial charge in [-0.1, -0.05) is 40.0 Å². The highest BCUT2D eigenvalue weighted by atomic mass is 16.5. The molecule has 0 saturated heterocycles. The topological polar surface area (TPSA) is 34.2 Å². The lowest BCUT2D eigenvalue weighted by Crippen LogP contribution is -2.23. The minimum absolute atomic E-state index is 0.303. The zero-order chi connectivity index (χ0) is 14.3. The number of aromatic nitrogens is 1. The number of pyridine rings is 1. The van der Waals surface area contributed by atoms with Gasteiger partial charge in [-0.15, -0.1) is 0 Å². The number of anilines is 1. The van der Waals surface area contributed by atoms with Crippen LogP contribution in [0.2, 0.25) is 0 Å². The number of nitrogens with one attached hydrogen (secondary N) is 1. The van der Waals surface area contributed by atoms with Crippen LogP contribution in [0.4, 0.5) is 5.69 Å². The normalized spacial score (nSPS) is 11.4. The lowest BCUT2D eigenvalue weighted by molar-refractivity contribution is 0.341. The van der Waals surface area contributed by atoms with Gasteiger partial charge in [0.1, 0.15) is 0 Å². The van der Waals surface area contributed by atoms with Gasteiger partial charge in [-0.25, -0.2) is 0 Å². The summed E-state index contributed by atoms with van der Waals surface area (Å²) in [5.41, 5.74) is 2.35. The Morgan fingerprint density at radius 1 is 1.32 bits per heavy atom. The van der Waals surface area contributed by atoms with Gasteiger partial charge in [0.25, 0.3) is 0 Å². The summed E-state index contributed by atoms with van der Waals surface area (Å²) in [6, 6.07) is 2.04. The standard InChI is InChI=1S/C16H28N2O/c1-6-7-8-9-16(3,4)12-18-14-10-13(2)17-11-15(14)19-5/h10-11H,6-9,12H2,1-5H3,(H,17,18). The van der Waals surface area contributed by atoms with Crippen LogP contribution in [0, 0.1) is 12.3 Å². The zero-order valence-corrected chi connectivity index (χ0v) is 13.0. The van der Waals surface area contributed by atoms with Crippen LogP contribution in [0.1, 0.15) is 52.1 Å². The van der Waals surface area contributed by atoms with Gasteiger partial charge in [0, 0.05) is 12.2 Å². The summed E-state index contributed by atoms with van der Waals surface area (Å²) >= 11 is 0. The Morgan fingerprint density at radius 2 is 2.05 bits per heavy atom. The Labute approximate surface area is 117 Å². The van der Waals surface area contributed by atoms with E-state index < -0.39 is 0 Å². The van der Waals surface area contributed by atoms with Crippen LogP contribution < -0.4 is 10.1 Å². The molecule has 0 radical (unpaired) electrons. The highest BCUT2D eigenvalue weighted by Gasteiger charge is 2.17. The van der Waals surface area contributed by atoms with E-state index in [1.807, 2.05) is 13.0 Å². The van der Waals surface area contributed by atoms with Gasteiger partial charge >= 0.3 is 0 Å². The van der Waals surface area contributed by atoms with E-state index >= 15 is 0 Å². The third-order valence-corrected chi connectivity index (χ3v) is 3.44. The molecule has 0 aliphatic rings. The molecule has 0 aromatic carbocycles. The van der Waals surface area contributed by atoms with Crippen molar-refractivity contribution in [3.05, 3.63) is 18.0 Å². The van der Waals surface area contributed by atoms with Crippen LogP contribution in [0.15, 0.2) is 12.3 Å². The highest BCUT2D eigenvalue weighted by molar-refractivity contribution is 5.56. The van der Waals surface area contributed by atoms with Crippen molar-refractivity contribution >= 4 is 5.69 Å². The first kappa shape index (κ1) is 15.8. The van der Waals surface area contributed by atoms with Gasteiger partial charge in [0.2, 0.25) is 0 Å². The SMILES string of the molecule is CCCCCC(C)(C)CNc1cc(C)ncc1OC. The molecule has 0 aliphatic carbocycles. The molecular formula is C16H28N2O. The lowest BCUT2D eigenvalue weighted by atomic mass is 9.87. The van der Waals surface area contributed by atoms with Gasteiger partial charge in [-0.2, -0.15) is 0 Å². The van der Waals surface area contributed by atoms with Gasteiger partial charge in [0.05, 0.1) is 19.0 Å². The first-order valence-corrected chi connectivity index (χ1v) is 7.23. The summed E-state index contributed by atoms with van der Waals surface area (Å²) in [5, 5.41) is 3.51. The monoisotopic (exact) mass is 264 g/mol. The summed E-state index contributed by atoms with van der Waals surface area (Å²) in [4.78, 5) is 4.25. The van der Waals surface area contributed by atoms with E-state index in [-0.39, 0.29) is 0 Å². The number of ether oxygens (including phenoxy) is 1. The second kappa shape index (κ2) is 7.37. The molecule has 0 saturated carbocycles. The van der Waals surface area contributed by atoms with Crippen molar-refractivity contribution in [3.8, 4) is 5.75 Å². The third kappa shape index (κ3) is 5.50. The zero-order valence-electron chi connectivity index (χ0n) is 13.0. The molecule has 0 amide bonds. The number of methoxy groups -OCH3 is 1. The molecule has 0 unspecified atom stereocenters. The molecule has 1 heterocycles. The average Bonchev–Trinajstić information content (AvgIpc) is 2.37. The van der Waals surface area contributed by atoms with Gasteiger partial charge in [0.15, 0.2) is 5.75 Å². The molecule has 108 valence electrons. The van der Waals surface area contributed by atoms with E-state index in [1.165, 1.54) is 25.7 Å². The molecule has 1 N–H and O–H groups in total. The van der Waals surface area contributed by atoms with E-state index in [0.29, 0.717) is 5.41 Å². The number of hydrogen-bond acceptors (Lipinski definition) is 3. The van der Waals surface area contributed by atoms with Crippen molar-refractivity contribution in [2.24, 2.45) is 5.41 Å². The molecule has 1 aromatic rings. The molecule has 19 heavy (non-hydrogen) atoms. The van der Waals surface area contributed by atoms with Crippen molar-refractivity contribution in [1.29, 1.82) is 0 Å². The number of nitrogens with zero attached hydrogens (tertiary/aromatic N) is 1. The molecule has 1 rings (SSSR count). The number of hydrogen-bond donors (Lipinski definition) is 1. The van der Waals surface area contributed by atoms with Crippen molar-refractivity contribution in [3.63, 3.8) is 0 Å². The molecule has 0 atom stereocenters. The number of aryl methyl sites for hydroxylation is 1. The average molecular weight is 264 g/mol. The maximum absolute atomic E-state index is 5.34. The van der Waals surface area contributed by atoms with Crippen molar-refractivity contribution in [2.75, 3.05) is 19.0 Å². The van der Waals surface area contributed by atoms with Gasteiger partial charge in [-0.05, 0) is 24.8 Å². The fraction of sp³-hybridized carbons (Fsp3) is 0.688. The molecular weight excluding hydrogens is 236 g/mol. The van der Waals surface area contributed by atoms with Crippen LogP contribution in [0.5, 0.6) is 5.75 Å². The summed E-state index contributed by atoms with van der Waals surface area (Å²) in [6.07, 6.45) is 6.93. The van der Waals surface area contributed by atoms with Crippen molar-refractivity contribution < 1.29 is 4.74 Å². The van der Waals surface area contributed by atoms with Crippen LogP contribution in [0.25, 0.3) is 0 Å². The van der Waals surface area contributed by atoms with Crippen LogP contribution in [-0.4, -0.2) is 18.6 Å². The maximum atomic E-state index is 5.34. The summed E-state index contributed by atoms with van der Waals surface area (Å²) in [5.74, 6) is 0.815. The first-order chi connectivity index (χ1) is 8.98. The molecule has 0 fully saturated rings. The maximum Gasteiger partial charge on any atom is 0.160 e. The van der Waals surface area contributed by atoms with E-state index in [9.17, 15) is 0 Å². The Kier molecular flexibility index (Phi) is 6.13. The Balaban J connectivity index is 2.57. The number of unbranched alkanes of at least 4 members (excludes halogenated alkanes) is 2. The van der Waals surface area contributed by atoms with E-state index in [1.54, 1.807) is 13.3 Å². The first-order valence-electron chi connectivity index (χ1n) is 7.23. The fourth-order valence-electron chi connectivity index (χ4n) is 2.12. The Bertz CT molecular complexity index is 388. The molecule has 1 aromatic heterocycles. The van der Waals surface area contributed by atoms with Crippen molar-refractivity contribution in [1.82, 2.24) is 4.98 Å². The summed E-state index contributed by atoms with van der Waals surface area (Å²) in [6.45, 7) is 9.83. The minimum Gasteiger partial charge on any atom is -0.493 e. The van der Waals surface area contributed by atoms with Crippen LogP contribution in [0.3, 0.4) is 0 Å². The fourth-order valence-corrected chi connectivity index (χ4v) is 2.12. The summed E-state index contributed by atoms with van der Waals surface area (Å²) in [7, 11) is 1.68. The molecule has 0 bridgehead atoms. The quantitative estimate of drug-likeness (QED) is 0.706. The van der Waals surface area contributed by atoms with E-state index in [4.69, 9.17) is 4.74 Å². The van der Waals surface area contributed by atoms with Gasteiger partial charge < -0.3 is 10.1 Å². The number of rotatable bonds is 8. The molecule has 3 heteroatoms. The Morgan fingerprint density at radius 3 is 2.68 bits per heavy atom. The predicted octanol–water partition coefficient (Wildman–Crippen LogP) is 4.42. The largest absolute Gasteiger partial charge is 0.493 e. The van der Waals surface area contributed by atoms with Crippen molar-refractivity contribution in [2.45, 2.75) is 53.4 Å². The van der Waals surface area contributed by atoms with Gasteiger partial charge in [-0.3, -0.25) is 4.98 Å². The predicted molar refractivity (Wildman–Crippen MR) is 81.9 cm³/mol. The van der Waals surface area contributed by atoms with E-state index in [0.717, 1.165) is 23.7 Å². The second-order valence-electron chi connectivity index (χ2n) is 6.00. The summed E-state index contributed by atoms with van der Waals surface area (Å²) < 4.78 is 5.34.